The zero-order valence-corrected chi connectivity index (χ0v) is 17.0. The van der Waals surface area contributed by atoms with E-state index in [9.17, 15) is 18.0 Å². The van der Waals surface area contributed by atoms with Crippen LogP contribution in [0, 0.1) is 5.92 Å². The average Bonchev–Trinajstić information content (AvgIpc) is 3.02. The minimum atomic E-state index is -3.16. The van der Waals surface area contributed by atoms with Crippen LogP contribution in [0.5, 0.6) is 0 Å². The second kappa shape index (κ2) is 7.06. The first-order valence-electron chi connectivity index (χ1n) is 9.88. The number of carbonyl (C=O) groups excluding carboxylic acids is 2. The minimum Gasteiger partial charge on any atom is -0.347 e. The quantitative estimate of drug-likeness (QED) is 0.824. The Morgan fingerprint density at radius 1 is 1.14 bits per heavy atom. The Labute approximate surface area is 166 Å². The number of amides is 3. The number of urea groups is 1. The van der Waals surface area contributed by atoms with Crippen LogP contribution in [0.2, 0.25) is 0 Å². The highest BCUT2D eigenvalue weighted by Gasteiger charge is 2.50. The Morgan fingerprint density at radius 2 is 1.79 bits per heavy atom. The molecule has 3 fully saturated rings. The molecule has 4 rings (SSSR count). The van der Waals surface area contributed by atoms with Gasteiger partial charge in [0.15, 0.2) is 9.84 Å². The van der Waals surface area contributed by atoms with E-state index in [1.165, 1.54) is 6.26 Å². The van der Waals surface area contributed by atoms with Crippen molar-refractivity contribution in [2.45, 2.75) is 42.5 Å². The number of hydrogen-bond acceptors (Lipinski definition) is 4. The Morgan fingerprint density at radius 3 is 2.32 bits per heavy atom. The van der Waals surface area contributed by atoms with Gasteiger partial charge in [0.05, 0.1) is 10.4 Å². The third-order valence-corrected chi connectivity index (χ3v) is 7.38. The molecule has 0 aliphatic carbocycles. The van der Waals surface area contributed by atoms with Crippen molar-refractivity contribution in [2.24, 2.45) is 5.92 Å². The van der Waals surface area contributed by atoms with Crippen LogP contribution in [-0.4, -0.2) is 68.1 Å². The van der Waals surface area contributed by atoms with Crippen LogP contribution in [0.25, 0.3) is 0 Å². The van der Waals surface area contributed by atoms with Gasteiger partial charge in [0.2, 0.25) is 5.91 Å². The topological polar surface area (TPSA) is 86.8 Å². The van der Waals surface area contributed by atoms with E-state index in [1.54, 1.807) is 12.1 Å². The monoisotopic (exact) mass is 405 g/mol. The lowest BCUT2D eigenvalue weighted by Crippen LogP contribution is -2.70. The average molecular weight is 406 g/mol. The van der Waals surface area contributed by atoms with Crippen molar-refractivity contribution in [3.05, 3.63) is 29.8 Å². The molecule has 3 aliphatic heterocycles. The summed E-state index contributed by atoms with van der Waals surface area (Å²) in [6.07, 6.45) is 5.43. The van der Waals surface area contributed by atoms with E-state index in [-0.39, 0.29) is 17.5 Å². The molecule has 7 nitrogen and oxygen atoms in total. The molecular weight excluding hydrogens is 378 g/mol. The van der Waals surface area contributed by atoms with Crippen molar-refractivity contribution >= 4 is 21.8 Å². The third kappa shape index (κ3) is 3.87. The molecule has 8 heteroatoms. The van der Waals surface area contributed by atoms with Gasteiger partial charge in [0.1, 0.15) is 0 Å². The van der Waals surface area contributed by atoms with E-state index in [0.29, 0.717) is 30.3 Å². The summed E-state index contributed by atoms with van der Waals surface area (Å²) in [7, 11) is -3.16. The predicted octanol–water partition coefficient (Wildman–Crippen LogP) is 1.43. The lowest BCUT2D eigenvalue weighted by Gasteiger charge is -2.49. The van der Waals surface area contributed by atoms with E-state index in [0.717, 1.165) is 44.3 Å². The summed E-state index contributed by atoms with van der Waals surface area (Å²) in [5.74, 6) is 0.600. The number of piperidine rings is 1. The Kier molecular flexibility index (Phi) is 4.85. The molecule has 0 radical (unpaired) electrons. The molecule has 0 bridgehead atoms. The Hall–Kier alpha value is -2.09. The summed E-state index contributed by atoms with van der Waals surface area (Å²) < 4.78 is 23.1. The summed E-state index contributed by atoms with van der Waals surface area (Å²) in [4.78, 5) is 28.2. The van der Waals surface area contributed by atoms with Gasteiger partial charge in [0, 0.05) is 38.9 Å². The van der Waals surface area contributed by atoms with Crippen LogP contribution >= 0.6 is 0 Å². The van der Waals surface area contributed by atoms with Crippen LogP contribution in [0.1, 0.15) is 31.2 Å². The minimum absolute atomic E-state index is 0.0859. The standard InChI is InChI=1S/C20H27N3O4S/c1-28(26,27)17-4-2-15(3-5-17)12-16-7-10-22(11-8-16)19(25)23-13-20(14-23)9-6-18(24)21-20/h2-5,16H,6-14H2,1H3,(H,21,24). The summed E-state index contributed by atoms with van der Waals surface area (Å²) in [5, 5.41) is 3.01. The molecule has 3 aliphatic rings. The molecule has 1 aromatic carbocycles. The number of sulfone groups is 1. The van der Waals surface area contributed by atoms with Crippen molar-refractivity contribution in [3.63, 3.8) is 0 Å². The van der Waals surface area contributed by atoms with E-state index in [2.05, 4.69) is 5.32 Å². The highest BCUT2D eigenvalue weighted by Crippen LogP contribution is 2.32. The van der Waals surface area contributed by atoms with E-state index in [4.69, 9.17) is 0 Å². The first-order valence-corrected chi connectivity index (χ1v) is 11.8. The molecule has 1 spiro atoms. The summed E-state index contributed by atoms with van der Waals surface area (Å²) in [5.41, 5.74) is 0.974. The van der Waals surface area contributed by atoms with E-state index >= 15 is 0 Å². The molecule has 3 saturated heterocycles. The second-order valence-electron chi connectivity index (χ2n) is 8.52. The van der Waals surface area contributed by atoms with Gasteiger partial charge in [-0.3, -0.25) is 4.79 Å². The number of nitrogens with zero attached hydrogens (tertiary/aromatic N) is 2. The number of hydrogen-bond donors (Lipinski definition) is 1. The molecule has 28 heavy (non-hydrogen) atoms. The molecule has 0 aromatic heterocycles. The first-order chi connectivity index (χ1) is 13.2. The zero-order valence-electron chi connectivity index (χ0n) is 16.2. The van der Waals surface area contributed by atoms with Gasteiger partial charge >= 0.3 is 6.03 Å². The third-order valence-electron chi connectivity index (χ3n) is 6.25. The fourth-order valence-corrected chi connectivity index (χ4v) is 5.20. The largest absolute Gasteiger partial charge is 0.347 e. The van der Waals surface area contributed by atoms with Gasteiger partial charge in [-0.15, -0.1) is 0 Å². The maximum Gasteiger partial charge on any atom is 0.320 e. The highest BCUT2D eigenvalue weighted by atomic mass is 32.2. The summed E-state index contributed by atoms with van der Waals surface area (Å²) in [6, 6.07) is 7.21. The van der Waals surface area contributed by atoms with Crippen LogP contribution in [-0.2, 0) is 21.1 Å². The fourth-order valence-electron chi connectivity index (χ4n) is 4.56. The smallest absolute Gasteiger partial charge is 0.320 e. The lowest BCUT2D eigenvalue weighted by molar-refractivity contribution is -0.120. The Balaban J connectivity index is 1.25. The normalized spacial score (nSPS) is 22.2. The van der Waals surface area contributed by atoms with Crippen molar-refractivity contribution in [1.82, 2.24) is 15.1 Å². The molecule has 3 heterocycles. The van der Waals surface area contributed by atoms with Gasteiger partial charge in [-0.1, -0.05) is 12.1 Å². The van der Waals surface area contributed by atoms with Gasteiger partial charge in [-0.05, 0) is 49.3 Å². The SMILES string of the molecule is CS(=O)(=O)c1ccc(CC2CCN(C(=O)N3CC4(CCC(=O)N4)C3)CC2)cc1. The van der Waals surface area contributed by atoms with Crippen LogP contribution in [0.3, 0.4) is 0 Å². The Bertz CT molecular complexity index is 867. The number of rotatable bonds is 3. The summed E-state index contributed by atoms with van der Waals surface area (Å²) in [6.45, 7) is 2.76. The lowest BCUT2D eigenvalue weighted by atomic mass is 9.88. The number of benzene rings is 1. The van der Waals surface area contributed by atoms with Crippen LogP contribution < -0.4 is 5.32 Å². The maximum atomic E-state index is 12.7. The molecule has 3 amide bonds. The van der Waals surface area contributed by atoms with Crippen molar-refractivity contribution < 1.29 is 18.0 Å². The fraction of sp³-hybridized carbons (Fsp3) is 0.600. The summed E-state index contributed by atoms with van der Waals surface area (Å²) >= 11 is 0. The number of nitrogens with one attached hydrogen (secondary N) is 1. The van der Waals surface area contributed by atoms with Gasteiger partial charge in [-0.25, -0.2) is 13.2 Å². The predicted molar refractivity (Wildman–Crippen MR) is 105 cm³/mol. The molecule has 1 aromatic rings. The first kappa shape index (κ1) is 19.2. The maximum absolute atomic E-state index is 12.7. The highest BCUT2D eigenvalue weighted by molar-refractivity contribution is 7.90. The van der Waals surface area contributed by atoms with Crippen molar-refractivity contribution in [3.8, 4) is 0 Å². The molecular formula is C20H27N3O4S. The molecule has 0 unspecified atom stereocenters. The van der Waals surface area contributed by atoms with Crippen molar-refractivity contribution in [2.75, 3.05) is 32.4 Å². The van der Waals surface area contributed by atoms with Crippen LogP contribution in [0.4, 0.5) is 4.79 Å². The van der Waals surface area contributed by atoms with Gasteiger partial charge in [0.25, 0.3) is 0 Å². The van der Waals surface area contributed by atoms with Gasteiger partial charge < -0.3 is 15.1 Å². The van der Waals surface area contributed by atoms with Crippen molar-refractivity contribution in [1.29, 1.82) is 0 Å². The molecule has 0 atom stereocenters. The second-order valence-corrected chi connectivity index (χ2v) is 10.5. The van der Waals surface area contributed by atoms with Crippen LogP contribution in [0.15, 0.2) is 29.2 Å². The molecule has 152 valence electrons. The van der Waals surface area contributed by atoms with Gasteiger partial charge in [-0.2, -0.15) is 0 Å². The number of carbonyl (C=O) groups is 2. The zero-order chi connectivity index (χ0) is 19.9. The molecule has 1 N–H and O–H groups in total. The number of likely N-dealkylation sites (tertiary alicyclic amines) is 2. The van der Waals surface area contributed by atoms with E-state index in [1.807, 2.05) is 21.9 Å². The molecule has 0 saturated carbocycles. The van der Waals surface area contributed by atoms with E-state index < -0.39 is 9.84 Å².